The number of rotatable bonds is 9. The Hall–Kier alpha value is -0.170. The molecule has 16 heavy (non-hydrogen) atoms. The fourth-order valence-corrected chi connectivity index (χ4v) is 2.40. The van der Waals surface area contributed by atoms with E-state index in [2.05, 4.69) is 5.43 Å². The van der Waals surface area contributed by atoms with Crippen LogP contribution in [-0.4, -0.2) is 38.7 Å². The molecule has 0 radical (unpaired) electrons. The van der Waals surface area contributed by atoms with Crippen LogP contribution >= 0.6 is 0 Å². The van der Waals surface area contributed by atoms with Crippen LogP contribution in [0.25, 0.3) is 0 Å². The molecule has 0 aromatic carbocycles. The van der Waals surface area contributed by atoms with Crippen LogP contribution in [-0.2, 0) is 14.6 Å². The summed E-state index contributed by atoms with van der Waals surface area (Å²) in [6.07, 6.45) is 1.32. The highest BCUT2D eigenvalue weighted by molar-refractivity contribution is 7.91. The van der Waals surface area contributed by atoms with Crippen molar-refractivity contribution >= 4 is 9.84 Å². The molecule has 98 valence electrons. The first-order chi connectivity index (χ1) is 7.46. The second-order valence-corrected chi connectivity index (χ2v) is 6.28. The Morgan fingerprint density at radius 1 is 1.38 bits per heavy atom. The number of sulfone groups is 1. The van der Waals surface area contributed by atoms with E-state index in [0.29, 0.717) is 19.4 Å². The summed E-state index contributed by atoms with van der Waals surface area (Å²) in [5.74, 6) is 5.83. The third-order valence-corrected chi connectivity index (χ3v) is 4.41. The monoisotopic (exact) mass is 252 g/mol. The van der Waals surface area contributed by atoms with Gasteiger partial charge in [0.05, 0.1) is 11.9 Å². The molecule has 0 bridgehead atoms. The number of nitrogens with one attached hydrogen (secondary N) is 1. The maximum Gasteiger partial charge on any atom is 0.150 e. The molecular formula is C10H24N2O3S. The first kappa shape index (κ1) is 15.8. The summed E-state index contributed by atoms with van der Waals surface area (Å²) < 4.78 is 28.0. The number of hydrogen-bond acceptors (Lipinski definition) is 5. The lowest BCUT2D eigenvalue weighted by Crippen LogP contribution is -2.44. The van der Waals surface area contributed by atoms with Gasteiger partial charge in [0.2, 0.25) is 0 Å². The molecule has 0 aromatic rings. The van der Waals surface area contributed by atoms with Crippen molar-refractivity contribution in [3.05, 3.63) is 0 Å². The first-order valence-corrected chi connectivity index (χ1v) is 7.57. The van der Waals surface area contributed by atoms with Crippen molar-refractivity contribution in [3.8, 4) is 0 Å². The molecule has 0 amide bonds. The van der Waals surface area contributed by atoms with E-state index in [4.69, 9.17) is 10.6 Å². The number of nitrogens with two attached hydrogens (primary N) is 1. The van der Waals surface area contributed by atoms with Crippen LogP contribution in [0.3, 0.4) is 0 Å². The molecular weight excluding hydrogens is 228 g/mol. The van der Waals surface area contributed by atoms with Crippen molar-refractivity contribution in [2.75, 3.05) is 18.1 Å². The van der Waals surface area contributed by atoms with Gasteiger partial charge >= 0.3 is 0 Å². The van der Waals surface area contributed by atoms with Crippen LogP contribution in [0.1, 0.15) is 33.6 Å². The molecule has 2 unspecified atom stereocenters. The summed E-state index contributed by atoms with van der Waals surface area (Å²) in [5.41, 5.74) is 2.67. The van der Waals surface area contributed by atoms with Crippen LogP contribution in [0, 0.1) is 0 Å². The second-order valence-electron chi connectivity index (χ2n) is 3.81. The third-order valence-electron chi connectivity index (χ3n) is 2.62. The molecule has 0 aliphatic rings. The van der Waals surface area contributed by atoms with Gasteiger partial charge in [0.15, 0.2) is 0 Å². The van der Waals surface area contributed by atoms with Crippen molar-refractivity contribution in [3.63, 3.8) is 0 Å². The molecule has 0 saturated heterocycles. The van der Waals surface area contributed by atoms with Gasteiger partial charge in [0.25, 0.3) is 0 Å². The molecule has 0 spiro atoms. The van der Waals surface area contributed by atoms with Crippen molar-refractivity contribution < 1.29 is 13.2 Å². The summed E-state index contributed by atoms with van der Waals surface area (Å²) in [4.78, 5) is 0. The van der Waals surface area contributed by atoms with Gasteiger partial charge in [-0.05, 0) is 26.7 Å². The highest BCUT2D eigenvalue weighted by Gasteiger charge is 2.17. The lowest BCUT2D eigenvalue weighted by molar-refractivity contribution is 0.0451. The predicted molar refractivity (Wildman–Crippen MR) is 65.8 cm³/mol. The minimum atomic E-state index is -2.87. The summed E-state index contributed by atoms with van der Waals surface area (Å²) >= 11 is 0. The van der Waals surface area contributed by atoms with Crippen LogP contribution in [0.2, 0.25) is 0 Å². The Morgan fingerprint density at radius 3 is 2.44 bits per heavy atom. The molecule has 3 N–H and O–H groups in total. The minimum absolute atomic E-state index is 0.000620. The van der Waals surface area contributed by atoms with Gasteiger partial charge in [-0.2, -0.15) is 0 Å². The smallest absolute Gasteiger partial charge is 0.150 e. The minimum Gasteiger partial charge on any atom is -0.377 e. The average Bonchev–Trinajstić information content (AvgIpc) is 2.24. The van der Waals surface area contributed by atoms with E-state index in [9.17, 15) is 8.42 Å². The van der Waals surface area contributed by atoms with E-state index in [0.717, 1.165) is 0 Å². The summed E-state index contributed by atoms with van der Waals surface area (Å²) in [7, 11) is -2.87. The maximum atomic E-state index is 11.3. The molecule has 0 aliphatic carbocycles. The van der Waals surface area contributed by atoms with E-state index >= 15 is 0 Å². The van der Waals surface area contributed by atoms with Gasteiger partial charge in [-0.15, -0.1) is 0 Å². The second kappa shape index (κ2) is 8.00. The first-order valence-electron chi connectivity index (χ1n) is 5.75. The Morgan fingerprint density at radius 2 is 2.00 bits per heavy atom. The predicted octanol–water partition coefficient (Wildman–Crippen LogP) is 0.458. The number of hydrazine groups is 1. The lowest BCUT2D eigenvalue weighted by Gasteiger charge is -2.22. The highest BCUT2D eigenvalue weighted by atomic mass is 32.2. The Balaban J connectivity index is 3.97. The van der Waals surface area contributed by atoms with Crippen LogP contribution in [0.15, 0.2) is 0 Å². The fraction of sp³-hybridized carbons (Fsp3) is 1.00. The standard InChI is InChI=1S/C10H24N2O3S/c1-4-15-9(3)10(12-11)7-6-8-16(13,14)5-2/h9-10,12H,4-8,11H2,1-3H3. The largest absolute Gasteiger partial charge is 0.377 e. The molecule has 5 nitrogen and oxygen atoms in total. The molecule has 6 heteroatoms. The Kier molecular flexibility index (Phi) is 7.91. The summed E-state index contributed by atoms with van der Waals surface area (Å²) in [5, 5.41) is 0. The number of hydrogen-bond donors (Lipinski definition) is 2. The van der Waals surface area contributed by atoms with Crippen molar-refractivity contribution in [2.45, 2.75) is 45.8 Å². The Labute approximate surface area is 98.6 Å². The van der Waals surface area contributed by atoms with Crippen LogP contribution in [0.5, 0.6) is 0 Å². The van der Waals surface area contributed by atoms with Gasteiger partial charge in [-0.25, -0.2) is 8.42 Å². The molecule has 0 saturated carbocycles. The van der Waals surface area contributed by atoms with Crippen LogP contribution in [0.4, 0.5) is 0 Å². The van der Waals surface area contributed by atoms with E-state index in [1.807, 2.05) is 13.8 Å². The quantitative estimate of drug-likeness (QED) is 0.460. The molecule has 0 rings (SSSR count). The molecule has 2 atom stereocenters. The van der Waals surface area contributed by atoms with E-state index in [1.54, 1.807) is 6.92 Å². The van der Waals surface area contributed by atoms with E-state index in [1.165, 1.54) is 0 Å². The van der Waals surface area contributed by atoms with Gasteiger partial charge in [-0.1, -0.05) is 6.92 Å². The van der Waals surface area contributed by atoms with Gasteiger partial charge < -0.3 is 4.74 Å². The van der Waals surface area contributed by atoms with E-state index < -0.39 is 9.84 Å². The maximum absolute atomic E-state index is 11.3. The average molecular weight is 252 g/mol. The van der Waals surface area contributed by atoms with Gasteiger partial charge in [-0.3, -0.25) is 11.3 Å². The van der Waals surface area contributed by atoms with Gasteiger partial charge in [0.1, 0.15) is 9.84 Å². The summed E-state index contributed by atoms with van der Waals surface area (Å²) in [6, 6.07) is 0.00649. The molecule has 0 heterocycles. The highest BCUT2D eigenvalue weighted by Crippen LogP contribution is 2.07. The van der Waals surface area contributed by atoms with Crippen molar-refractivity contribution in [1.29, 1.82) is 0 Å². The van der Waals surface area contributed by atoms with Crippen molar-refractivity contribution in [1.82, 2.24) is 5.43 Å². The zero-order valence-electron chi connectivity index (χ0n) is 10.4. The fourth-order valence-electron chi connectivity index (χ4n) is 1.50. The van der Waals surface area contributed by atoms with Crippen molar-refractivity contribution in [2.24, 2.45) is 5.84 Å². The summed E-state index contributed by atoms with van der Waals surface area (Å²) in [6.45, 7) is 6.15. The number of ether oxygens (including phenoxy) is 1. The third kappa shape index (κ3) is 6.42. The zero-order chi connectivity index (χ0) is 12.6. The SMILES string of the molecule is CCOC(C)C(CCCS(=O)(=O)CC)NN. The lowest BCUT2D eigenvalue weighted by atomic mass is 10.1. The molecule has 0 aromatic heterocycles. The Bertz CT molecular complexity index is 267. The normalized spacial score (nSPS) is 16.0. The molecule has 0 aliphatic heterocycles. The van der Waals surface area contributed by atoms with Crippen LogP contribution < -0.4 is 11.3 Å². The van der Waals surface area contributed by atoms with Gasteiger partial charge in [0, 0.05) is 18.4 Å². The topological polar surface area (TPSA) is 81.4 Å². The zero-order valence-corrected chi connectivity index (χ0v) is 11.2. The molecule has 0 fully saturated rings. The van der Waals surface area contributed by atoms with E-state index in [-0.39, 0.29) is 23.7 Å².